The molecule has 0 bridgehead atoms. The van der Waals surface area contributed by atoms with E-state index in [1.165, 1.54) is 23.5 Å². The molecule has 3 aromatic heterocycles. The van der Waals surface area contributed by atoms with Crippen molar-refractivity contribution < 1.29 is 4.39 Å². The van der Waals surface area contributed by atoms with Gasteiger partial charge < -0.3 is 0 Å². The average Bonchev–Trinajstić information content (AvgIpc) is 3.14. The molecule has 4 aromatic rings. The van der Waals surface area contributed by atoms with Crippen molar-refractivity contribution in [1.82, 2.24) is 19.8 Å². The molecule has 1 aromatic carbocycles. The van der Waals surface area contributed by atoms with Gasteiger partial charge in [0.1, 0.15) is 10.8 Å². The average molecular weight is 302 g/mol. The van der Waals surface area contributed by atoms with E-state index in [9.17, 15) is 4.39 Å². The first kappa shape index (κ1) is 11.7. The summed E-state index contributed by atoms with van der Waals surface area (Å²) in [5, 5.41) is 15.5. The van der Waals surface area contributed by atoms with Gasteiger partial charge in [0.05, 0.1) is 4.88 Å². The Morgan fingerprint density at radius 3 is 2.85 bits per heavy atom. The molecule has 0 aliphatic carbocycles. The summed E-state index contributed by atoms with van der Waals surface area (Å²) in [6, 6.07) is 10.3. The van der Waals surface area contributed by atoms with Crippen LogP contribution in [-0.2, 0) is 0 Å². The molecule has 0 saturated heterocycles. The van der Waals surface area contributed by atoms with Crippen LogP contribution >= 0.6 is 22.7 Å². The fourth-order valence-electron chi connectivity index (χ4n) is 1.91. The zero-order chi connectivity index (χ0) is 13.5. The van der Waals surface area contributed by atoms with Crippen molar-refractivity contribution in [3.8, 4) is 21.3 Å². The Bertz CT molecular complexity index is 879. The minimum Gasteiger partial charge on any atom is -0.207 e. The number of thiophene rings is 1. The van der Waals surface area contributed by atoms with Gasteiger partial charge in [0, 0.05) is 5.56 Å². The fourth-order valence-corrected chi connectivity index (χ4v) is 3.44. The summed E-state index contributed by atoms with van der Waals surface area (Å²) in [5.74, 6) is 0.445. The Balaban J connectivity index is 1.88. The van der Waals surface area contributed by atoms with Crippen molar-refractivity contribution in [3.63, 3.8) is 0 Å². The van der Waals surface area contributed by atoms with Crippen LogP contribution in [0.4, 0.5) is 4.39 Å². The second-order valence-electron chi connectivity index (χ2n) is 4.11. The SMILES string of the molecule is Fc1cccc(-c2nn3c(-c4cccs4)nnc3s2)c1. The van der Waals surface area contributed by atoms with Crippen LogP contribution in [0.2, 0.25) is 0 Å². The highest BCUT2D eigenvalue weighted by Crippen LogP contribution is 2.29. The monoisotopic (exact) mass is 302 g/mol. The van der Waals surface area contributed by atoms with E-state index < -0.39 is 0 Å². The minimum atomic E-state index is -0.271. The van der Waals surface area contributed by atoms with E-state index in [-0.39, 0.29) is 5.82 Å². The molecule has 98 valence electrons. The molecular formula is C13H7FN4S2. The number of halogens is 1. The van der Waals surface area contributed by atoms with Crippen LogP contribution in [0.25, 0.3) is 26.2 Å². The smallest absolute Gasteiger partial charge is 0.207 e. The molecule has 3 heterocycles. The Hall–Kier alpha value is -2.12. The van der Waals surface area contributed by atoms with Crippen LogP contribution in [0.1, 0.15) is 0 Å². The predicted molar refractivity (Wildman–Crippen MR) is 77.4 cm³/mol. The highest BCUT2D eigenvalue weighted by molar-refractivity contribution is 7.19. The number of rotatable bonds is 2. The van der Waals surface area contributed by atoms with Crippen LogP contribution in [0.15, 0.2) is 41.8 Å². The van der Waals surface area contributed by atoms with Gasteiger partial charge in [0.25, 0.3) is 0 Å². The summed E-state index contributed by atoms with van der Waals surface area (Å²) in [4.78, 5) is 1.71. The summed E-state index contributed by atoms with van der Waals surface area (Å²) in [7, 11) is 0. The normalized spacial score (nSPS) is 11.2. The molecule has 0 aliphatic rings. The molecule has 0 fully saturated rings. The second-order valence-corrected chi connectivity index (χ2v) is 6.02. The van der Waals surface area contributed by atoms with Gasteiger partial charge in [-0.2, -0.15) is 9.61 Å². The number of benzene rings is 1. The van der Waals surface area contributed by atoms with Gasteiger partial charge in [-0.1, -0.05) is 29.5 Å². The van der Waals surface area contributed by atoms with Gasteiger partial charge >= 0.3 is 0 Å². The number of aromatic nitrogens is 4. The summed E-state index contributed by atoms with van der Waals surface area (Å²) < 4.78 is 15.0. The maximum absolute atomic E-state index is 13.3. The zero-order valence-corrected chi connectivity index (χ0v) is 11.7. The first-order chi connectivity index (χ1) is 9.81. The number of hydrogen-bond donors (Lipinski definition) is 0. The van der Waals surface area contributed by atoms with Gasteiger partial charge in [0.15, 0.2) is 5.82 Å². The summed E-state index contributed by atoms with van der Waals surface area (Å²) in [6.45, 7) is 0. The van der Waals surface area contributed by atoms with Crippen LogP contribution in [0.3, 0.4) is 0 Å². The number of hydrogen-bond acceptors (Lipinski definition) is 5. The largest absolute Gasteiger partial charge is 0.235 e. The van der Waals surface area contributed by atoms with Crippen molar-refractivity contribution >= 4 is 27.6 Å². The van der Waals surface area contributed by atoms with E-state index >= 15 is 0 Å². The van der Waals surface area contributed by atoms with Gasteiger partial charge in [0.2, 0.25) is 4.96 Å². The molecule has 0 atom stereocenters. The topological polar surface area (TPSA) is 43.1 Å². The summed E-state index contributed by atoms with van der Waals surface area (Å²) in [6.07, 6.45) is 0. The quantitative estimate of drug-likeness (QED) is 0.567. The predicted octanol–water partition coefficient (Wildman–Crippen LogP) is 3.72. The van der Waals surface area contributed by atoms with E-state index in [4.69, 9.17) is 0 Å². The van der Waals surface area contributed by atoms with Crippen molar-refractivity contribution in [2.45, 2.75) is 0 Å². The highest BCUT2D eigenvalue weighted by Gasteiger charge is 2.15. The third kappa shape index (κ3) is 1.83. The lowest BCUT2D eigenvalue weighted by Gasteiger charge is -1.95. The molecule has 0 aliphatic heterocycles. The van der Waals surface area contributed by atoms with E-state index in [1.807, 2.05) is 23.6 Å². The summed E-state index contributed by atoms with van der Waals surface area (Å²) >= 11 is 2.98. The Morgan fingerprint density at radius 2 is 2.05 bits per heavy atom. The second kappa shape index (κ2) is 4.46. The minimum absolute atomic E-state index is 0.271. The van der Waals surface area contributed by atoms with Gasteiger partial charge in [-0.15, -0.1) is 21.5 Å². The van der Waals surface area contributed by atoms with E-state index in [0.717, 1.165) is 15.4 Å². The first-order valence-electron chi connectivity index (χ1n) is 5.83. The fraction of sp³-hybridized carbons (Fsp3) is 0. The van der Waals surface area contributed by atoms with Crippen molar-refractivity contribution in [2.24, 2.45) is 0 Å². The van der Waals surface area contributed by atoms with Gasteiger partial charge in [-0.25, -0.2) is 4.39 Å². The molecule has 20 heavy (non-hydrogen) atoms. The van der Waals surface area contributed by atoms with Gasteiger partial charge in [-0.05, 0) is 23.6 Å². The zero-order valence-electron chi connectivity index (χ0n) is 10.0. The Morgan fingerprint density at radius 1 is 1.10 bits per heavy atom. The maximum atomic E-state index is 13.3. The van der Waals surface area contributed by atoms with Crippen LogP contribution in [-0.4, -0.2) is 19.8 Å². The van der Waals surface area contributed by atoms with Crippen molar-refractivity contribution in [2.75, 3.05) is 0 Å². The first-order valence-corrected chi connectivity index (χ1v) is 7.53. The third-order valence-corrected chi connectivity index (χ3v) is 4.62. The molecule has 7 heteroatoms. The molecule has 4 rings (SSSR count). The summed E-state index contributed by atoms with van der Waals surface area (Å²) in [5.41, 5.74) is 0.748. The van der Waals surface area contributed by atoms with Crippen LogP contribution < -0.4 is 0 Å². The Labute approximate surface area is 121 Å². The third-order valence-electron chi connectivity index (χ3n) is 2.80. The van der Waals surface area contributed by atoms with Crippen molar-refractivity contribution in [3.05, 3.63) is 47.6 Å². The highest BCUT2D eigenvalue weighted by atomic mass is 32.1. The molecule has 0 amide bonds. The maximum Gasteiger partial charge on any atom is 0.235 e. The van der Waals surface area contributed by atoms with E-state index in [1.54, 1.807) is 21.9 Å². The molecule has 0 radical (unpaired) electrons. The molecular weight excluding hydrogens is 295 g/mol. The lowest BCUT2D eigenvalue weighted by atomic mass is 10.2. The van der Waals surface area contributed by atoms with Crippen LogP contribution in [0.5, 0.6) is 0 Å². The Kier molecular flexibility index (Phi) is 2.61. The van der Waals surface area contributed by atoms with Crippen molar-refractivity contribution in [1.29, 1.82) is 0 Å². The number of fused-ring (bicyclic) bond motifs is 1. The molecule has 0 unspecified atom stereocenters. The standard InChI is InChI=1S/C13H7FN4S2/c14-9-4-1-3-8(7-9)12-17-18-11(10-5-2-6-19-10)15-16-13(18)20-12/h1-7H. The van der Waals surface area contributed by atoms with E-state index in [2.05, 4.69) is 15.3 Å². The molecule has 0 N–H and O–H groups in total. The van der Waals surface area contributed by atoms with Gasteiger partial charge in [-0.3, -0.25) is 0 Å². The number of nitrogens with zero attached hydrogens (tertiary/aromatic N) is 4. The van der Waals surface area contributed by atoms with E-state index in [0.29, 0.717) is 10.8 Å². The van der Waals surface area contributed by atoms with Crippen LogP contribution in [0, 0.1) is 5.82 Å². The molecule has 4 nitrogen and oxygen atoms in total. The lowest BCUT2D eigenvalue weighted by molar-refractivity contribution is 0.628. The lowest BCUT2D eigenvalue weighted by Crippen LogP contribution is -1.89. The molecule has 0 spiro atoms. The molecule has 0 saturated carbocycles.